The molecule has 1 saturated heterocycles. The maximum atomic E-state index is 13.1. The third-order valence-electron chi connectivity index (χ3n) is 5.98. The van der Waals surface area contributed by atoms with E-state index >= 15 is 0 Å². The number of nitrogens with two attached hydrogens (primary N) is 1. The van der Waals surface area contributed by atoms with Crippen LogP contribution in [0.5, 0.6) is 0 Å². The summed E-state index contributed by atoms with van der Waals surface area (Å²) in [6, 6.07) is 12.5. The monoisotopic (exact) mass is 565 g/mol. The van der Waals surface area contributed by atoms with Crippen LogP contribution >= 0.6 is 46.3 Å². The number of thiazole rings is 1. The van der Waals surface area contributed by atoms with Gasteiger partial charge in [-0.2, -0.15) is 0 Å². The van der Waals surface area contributed by atoms with Gasteiger partial charge in [0.05, 0.1) is 34.6 Å². The number of amides is 1. The minimum absolute atomic E-state index is 0.00706. The highest BCUT2D eigenvalue weighted by Crippen LogP contribution is 2.29. The Hall–Kier alpha value is -2.34. The van der Waals surface area contributed by atoms with Gasteiger partial charge in [0.15, 0.2) is 10.2 Å². The van der Waals surface area contributed by atoms with Crippen molar-refractivity contribution in [1.82, 2.24) is 10.3 Å². The molecule has 0 saturated carbocycles. The molecule has 4 rings (SSSR count). The maximum absolute atomic E-state index is 13.1. The van der Waals surface area contributed by atoms with Crippen molar-refractivity contribution in [3.8, 4) is 11.3 Å². The van der Waals surface area contributed by atoms with Crippen LogP contribution in [0.3, 0.4) is 0 Å². The largest absolute Gasteiger partial charge is 0.633 e. The van der Waals surface area contributed by atoms with Crippen LogP contribution in [0.4, 0.5) is 0 Å². The Morgan fingerprint density at radius 1 is 1.22 bits per heavy atom. The number of benzene rings is 2. The summed E-state index contributed by atoms with van der Waals surface area (Å²) in [4.78, 5) is 17.1. The first-order chi connectivity index (χ1) is 17.2. The molecule has 3 aromatic rings. The second-order valence-corrected chi connectivity index (χ2v) is 11.5. The number of amidine groups is 1. The van der Waals surface area contributed by atoms with E-state index in [0.717, 1.165) is 21.2 Å². The number of oxime groups is 1. The van der Waals surface area contributed by atoms with Gasteiger partial charge in [0.25, 0.3) is 0 Å². The van der Waals surface area contributed by atoms with E-state index in [0.29, 0.717) is 48.1 Å². The lowest BCUT2D eigenvalue weighted by Crippen LogP contribution is -2.52. The Kier molecular flexibility index (Phi) is 8.76. The fraction of sp³-hybridized carbons (Fsp3) is 0.292. The predicted molar refractivity (Wildman–Crippen MR) is 145 cm³/mol. The molecular weight excluding hydrogens is 541 g/mol. The number of nitrogens with zero attached hydrogens (tertiary/aromatic N) is 3. The van der Waals surface area contributed by atoms with Gasteiger partial charge in [0.2, 0.25) is 5.91 Å². The van der Waals surface area contributed by atoms with Crippen molar-refractivity contribution < 1.29 is 14.6 Å². The summed E-state index contributed by atoms with van der Waals surface area (Å²) in [6.07, 6.45) is 1.26. The van der Waals surface area contributed by atoms with Gasteiger partial charge < -0.3 is 26.1 Å². The summed E-state index contributed by atoms with van der Waals surface area (Å²) in [7, 11) is 0. The molecule has 8 nitrogen and oxygen atoms in total. The highest BCUT2D eigenvalue weighted by molar-refractivity contribution is 8.01. The number of hydrogen-bond donors (Lipinski definition) is 3. The van der Waals surface area contributed by atoms with Crippen LogP contribution in [0.25, 0.3) is 11.3 Å². The van der Waals surface area contributed by atoms with Crippen LogP contribution in [0.2, 0.25) is 10.0 Å². The van der Waals surface area contributed by atoms with Gasteiger partial charge in [-0.05, 0) is 12.1 Å². The van der Waals surface area contributed by atoms with E-state index in [1.54, 1.807) is 24.3 Å². The minimum Gasteiger partial charge on any atom is -0.633 e. The number of quaternary nitrogens is 1. The van der Waals surface area contributed by atoms with Crippen LogP contribution < -0.4 is 11.1 Å². The standard InChI is InChI=1S/C24H25Cl2N5O3S2/c25-19-6-1-15(11-20(19)26)12-31(34)9-7-18(8-10-31)28-22(32)14-36-24-29-21(13-35-24)16-2-4-17(5-3-16)23(27)30-33/h1-6,11,13,18,33H,7-10,12,14H2,(H2,27,30)(H,28,32). The van der Waals surface area contributed by atoms with Crippen molar-refractivity contribution in [2.45, 2.75) is 29.8 Å². The van der Waals surface area contributed by atoms with E-state index in [1.807, 2.05) is 23.6 Å². The SMILES string of the molecule is NC(=NO)c1ccc(-c2csc(SCC(=O)NC3CC[N+]([O-])(Cc4ccc(Cl)c(Cl)c4)CC3)n2)cc1. The summed E-state index contributed by atoms with van der Waals surface area (Å²) in [5.74, 6) is 0.235. The number of carbonyl (C=O) groups is 1. The van der Waals surface area contributed by atoms with Crippen LogP contribution in [0.15, 0.2) is 57.3 Å². The fourth-order valence-corrected chi connectivity index (χ4v) is 6.00. The quantitative estimate of drug-likeness (QED) is 0.0664. The lowest BCUT2D eigenvalue weighted by molar-refractivity contribution is -0.898. The number of piperidine rings is 1. The topological polar surface area (TPSA) is 124 Å². The minimum atomic E-state index is -0.332. The average molecular weight is 567 g/mol. The maximum Gasteiger partial charge on any atom is 0.230 e. The molecule has 2 aromatic carbocycles. The third kappa shape index (κ3) is 6.90. The molecule has 0 spiro atoms. The number of rotatable bonds is 8. The van der Waals surface area contributed by atoms with Crippen molar-refractivity contribution >= 4 is 58.0 Å². The smallest absolute Gasteiger partial charge is 0.230 e. The van der Waals surface area contributed by atoms with Crippen LogP contribution in [0.1, 0.15) is 24.0 Å². The first kappa shape index (κ1) is 26.7. The molecule has 1 fully saturated rings. The van der Waals surface area contributed by atoms with Gasteiger partial charge in [-0.3, -0.25) is 4.79 Å². The lowest BCUT2D eigenvalue weighted by Gasteiger charge is -2.47. The molecule has 1 aromatic heterocycles. The Morgan fingerprint density at radius 3 is 2.61 bits per heavy atom. The Balaban J connectivity index is 1.23. The third-order valence-corrected chi connectivity index (χ3v) is 8.74. The predicted octanol–water partition coefficient (Wildman–Crippen LogP) is 5.10. The average Bonchev–Trinajstić information content (AvgIpc) is 3.35. The Bertz CT molecular complexity index is 1240. The van der Waals surface area contributed by atoms with Crippen molar-refractivity contribution in [2.75, 3.05) is 18.8 Å². The lowest BCUT2D eigenvalue weighted by atomic mass is 10.0. The molecule has 1 aliphatic rings. The van der Waals surface area contributed by atoms with Gasteiger partial charge in [-0.1, -0.05) is 70.5 Å². The molecule has 0 atom stereocenters. The summed E-state index contributed by atoms with van der Waals surface area (Å²) in [5.41, 5.74) is 8.78. The Labute approximate surface area is 227 Å². The van der Waals surface area contributed by atoms with E-state index in [4.69, 9.17) is 34.1 Å². The molecule has 0 unspecified atom stereocenters. The molecule has 1 amide bonds. The molecule has 190 valence electrons. The van der Waals surface area contributed by atoms with Gasteiger partial charge in [-0.15, -0.1) is 11.3 Å². The van der Waals surface area contributed by atoms with Gasteiger partial charge >= 0.3 is 0 Å². The summed E-state index contributed by atoms with van der Waals surface area (Å²) in [5, 5.41) is 30.8. The number of likely N-dealkylation sites (tertiary alicyclic amines) is 1. The van der Waals surface area contributed by atoms with Gasteiger partial charge in [0.1, 0.15) is 6.54 Å². The summed E-state index contributed by atoms with van der Waals surface area (Å²) in [6.45, 7) is 1.20. The first-order valence-electron chi connectivity index (χ1n) is 11.2. The van der Waals surface area contributed by atoms with E-state index in [1.165, 1.54) is 23.1 Å². The van der Waals surface area contributed by atoms with E-state index in [9.17, 15) is 10.0 Å². The molecule has 0 bridgehead atoms. The van der Waals surface area contributed by atoms with E-state index in [2.05, 4.69) is 15.5 Å². The summed E-state index contributed by atoms with van der Waals surface area (Å²) >= 11 is 14.9. The van der Waals surface area contributed by atoms with E-state index in [-0.39, 0.29) is 28.2 Å². The first-order valence-corrected chi connectivity index (χ1v) is 13.8. The zero-order valence-corrected chi connectivity index (χ0v) is 22.3. The molecule has 2 heterocycles. The highest BCUT2D eigenvalue weighted by atomic mass is 35.5. The molecule has 4 N–H and O–H groups in total. The molecule has 0 radical (unpaired) electrons. The second kappa shape index (κ2) is 11.8. The van der Waals surface area contributed by atoms with Crippen LogP contribution in [0, 0.1) is 5.21 Å². The second-order valence-electron chi connectivity index (χ2n) is 8.60. The van der Waals surface area contributed by atoms with Crippen molar-refractivity contribution in [1.29, 1.82) is 0 Å². The van der Waals surface area contributed by atoms with Crippen LogP contribution in [-0.2, 0) is 11.3 Å². The number of nitrogens with one attached hydrogen (secondary N) is 1. The highest BCUT2D eigenvalue weighted by Gasteiger charge is 2.28. The summed E-state index contributed by atoms with van der Waals surface area (Å²) < 4.78 is 0.461. The van der Waals surface area contributed by atoms with Gasteiger partial charge in [-0.25, -0.2) is 4.98 Å². The normalized spacial score (nSPS) is 20.3. The number of aromatic nitrogens is 1. The zero-order valence-electron chi connectivity index (χ0n) is 19.2. The zero-order chi connectivity index (χ0) is 25.7. The molecular formula is C24H25Cl2N5O3S2. The number of halogens is 2. The van der Waals surface area contributed by atoms with Crippen molar-refractivity contribution in [2.24, 2.45) is 10.9 Å². The number of hydrogen-bond acceptors (Lipinski definition) is 7. The number of hydroxylamine groups is 3. The van der Waals surface area contributed by atoms with Crippen molar-refractivity contribution in [3.05, 3.63) is 74.2 Å². The molecule has 36 heavy (non-hydrogen) atoms. The molecule has 1 aliphatic heterocycles. The van der Waals surface area contributed by atoms with Gasteiger partial charge in [0, 0.05) is 41.0 Å². The fourth-order valence-electron chi connectivity index (χ4n) is 4.03. The molecule has 0 aliphatic carbocycles. The van der Waals surface area contributed by atoms with Crippen molar-refractivity contribution in [3.63, 3.8) is 0 Å². The van der Waals surface area contributed by atoms with E-state index < -0.39 is 0 Å². The van der Waals surface area contributed by atoms with Crippen LogP contribution in [-0.4, -0.2) is 51.5 Å². The Morgan fingerprint density at radius 2 is 1.94 bits per heavy atom. The number of carbonyl (C=O) groups excluding carboxylic acids is 1. The number of thioether (sulfide) groups is 1. The molecule has 12 heteroatoms.